The molecule has 4 N–H and O–H groups in total. The largest absolute Gasteiger partial charge is 0.343 e. The van der Waals surface area contributed by atoms with Crippen LogP contribution in [-0.4, -0.2) is 33.3 Å². The highest BCUT2D eigenvalue weighted by Gasteiger charge is 2.08. The van der Waals surface area contributed by atoms with Crippen LogP contribution in [0.15, 0.2) is 79.0 Å². The minimum atomic E-state index is -0.318. The normalized spacial score (nSPS) is 10.3. The number of hydrogen-bond acceptors (Lipinski definition) is 7. The molecule has 0 atom stereocenters. The molecule has 0 unspecified atom stereocenters. The molecule has 0 saturated heterocycles. The Balaban J connectivity index is 1.33. The third-order valence-electron chi connectivity index (χ3n) is 4.90. The number of benzene rings is 2. The van der Waals surface area contributed by atoms with Crippen molar-refractivity contribution in [3.8, 4) is 0 Å². The fourth-order valence-corrected chi connectivity index (χ4v) is 3.27. The minimum absolute atomic E-state index is 0.125. The summed E-state index contributed by atoms with van der Waals surface area (Å²) in [4.78, 5) is 37.4. The fourth-order valence-electron chi connectivity index (χ4n) is 3.27. The first-order chi connectivity index (χ1) is 16.9. The van der Waals surface area contributed by atoms with Gasteiger partial charge in [0.15, 0.2) is 0 Å². The van der Waals surface area contributed by atoms with Crippen molar-refractivity contribution >= 4 is 40.6 Å². The van der Waals surface area contributed by atoms with Crippen LogP contribution in [0.4, 0.5) is 28.8 Å². The molecule has 0 radical (unpaired) electrons. The number of carbonyl (C=O) groups excluding carboxylic acids is 2. The zero-order valence-electron chi connectivity index (χ0n) is 19.4. The Bertz CT molecular complexity index is 1330. The topological polar surface area (TPSA) is 121 Å². The van der Waals surface area contributed by atoms with E-state index in [9.17, 15) is 9.59 Å². The molecule has 4 aromatic rings. The maximum atomic E-state index is 12.2. The molecule has 2 amide bonds. The van der Waals surface area contributed by atoms with Crippen LogP contribution in [0.5, 0.6) is 0 Å². The highest BCUT2D eigenvalue weighted by molar-refractivity contribution is 5.99. The molecule has 0 aliphatic rings. The summed E-state index contributed by atoms with van der Waals surface area (Å²) in [5.74, 6) is 1.93. The molecule has 4 rings (SSSR count). The lowest BCUT2D eigenvalue weighted by atomic mass is 10.2. The highest BCUT2D eigenvalue weighted by atomic mass is 16.2. The maximum absolute atomic E-state index is 12.2. The van der Waals surface area contributed by atoms with Gasteiger partial charge in [-0.05, 0) is 67.9 Å². The third kappa shape index (κ3) is 6.84. The molecule has 0 bridgehead atoms. The van der Waals surface area contributed by atoms with Crippen LogP contribution in [-0.2, 0) is 4.79 Å². The molecular weight excluding hydrogens is 442 g/mol. The van der Waals surface area contributed by atoms with Crippen molar-refractivity contribution in [3.63, 3.8) is 0 Å². The summed E-state index contributed by atoms with van der Waals surface area (Å²) in [5.41, 5.74) is 3.00. The van der Waals surface area contributed by atoms with Gasteiger partial charge in [0.25, 0.3) is 5.91 Å². The zero-order valence-corrected chi connectivity index (χ0v) is 19.4. The van der Waals surface area contributed by atoms with Crippen LogP contribution in [0.25, 0.3) is 0 Å². The summed E-state index contributed by atoms with van der Waals surface area (Å²) < 4.78 is 0. The van der Waals surface area contributed by atoms with E-state index in [1.807, 2.05) is 44.2 Å². The van der Waals surface area contributed by atoms with Crippen molar-refractivity contribution in [2.45, 2.75) is 13.8 Å². The lowest BCUT2D eigenvalue weighted by Crippen LogP contribution is -2.32. The van der Waals surface area contributed by atoms with Gasteiger partial charge in [0.1, 0.15) is 23.3 Å². The molecule has 9 nitrogen and oxygen atoms in total. The van der Waals surface area contributed by atoms with E-state index in [0.717, 1.165) is 11.3 Å². The average molecular weight is 468 g/mol. The summed E-state index contributed by atoms with van der Waals surface area (Å²) in [6.45, 7) is 3.69. The van der Waals surface area contributed by atoms with Crippen LogP contribution in [0.2, 0.25) is 0 Å². The van der Waals surface area contributed by atoms with E-state index in [0.29, 0.717) is 34.5 Å². The predicted molar refractivity (Wildman–Crippen MR) is 136 cm³/mol. The number of pyridine rings is 1. The standard InChI is InChI=1S/C26H25N7O2/c1-17-12-13-27-22(14-17)33-24-15-23(29-18(2)30-24)31-20-8-10-21(11-9-20)32-25(34)16-28-26(35)19-6-4-3-5-7-19/h3-15H,16H2,1-2H3,(H,28,35)(H,32,34)(H2,27,29,30,31,33). The Morgan fingerprint density at radius 2 is 1.46 bits per heavy atom. The third-order valence-corrected chi connectivity index (χ3v) is 4.90. The van der Waals surface area contributed by atoms with Crippen LogP contribution in [0.3, 0.4) is 0 Å². The van der Waals surface area contributed by atoms with Crippen molar-refractivity contribution in [2.75, 3.05) is 22.5 Å². The van der Waals surface area contributed by atoms with Gasteiger partial charge in [0, 0.05) is 29.2 Å². The van der Waals surface area contributed by atoms with Crippen LogP contribution >= 0.6 is 0 Å². The second-order valence-corrected chi connectivity index (χ2v) is 7.83. The molecule has 35 heavy (non-hydrogen) atoms. The molecule has 0 aliphatic heterocycles. The lowest BCUT2D eigenvalue weighted by Gasteiger charge is -2.11. The van der Waals surface area contributed by atoms with Gasteiger partial charge >= 0.3 is 0 Å². The summed E-state index contributed by atoms with van der Waals surface area (Å²) in [7, 11) is 0. The van der Waals surface area contributed by atoms with Crippen molar-refractivity contribution in [2.24, 2.45) is 0 Å². The second-order valence-electron chi connectivity index (χ2n) is 7.83. The average Bonchev–Trinajstić information content (AvgIpc) is 2.84. The number of amides is 2. The van der Waals surface area contributed by atoms with E-state index in [4.69, 9.17) is 0 Å². The summed E-state index contributed by atoms with van der Waals surface area (Å²) in [6.07, 6.45) is 1.74. The number of hydrogen-bond donors (Lipinski definition) is 4. The maximum Gasteiger partial charge on any atom is 0.251 e. The zero-order chi connectivity index (χ0) is 24.6. The Morgan fingerprint density at radius 1 is 0.771 bits per heavy atom. The van der Waals surface area contributed by atoms with Gasteiger partial charge in [-0.1, -0.05) is 18.2 Å². The smallest absolute Gasteiger partial charge is 0.251 e. The Kier molecular flexibility index (Phi) is 7.27. The molecule has 2 heterocycles. The second kappa shape index (κ2) is 10.9. The van der Waals surface area contributed by atoms with Gasteiger partial charge in [0.05, 0.1) is 6.54 Å². The fraction of sp³-hybridized carbons (Fsp3) is 0.115. The van der Waals surface area contributed by atoms with E-state index in [2.05, 4.69) is 36.2 Å². The first kappa shape index (κ1) is 23.4. The van der Waals surface area contributed by atoms with Crippen molar-refractivity contribution in [3.05, 3.63) is 95.9 Å². The van der Waals surface area contributed by atoms with Gasteiger partial charge in [-0.25, -0.2) is 15.0 Å². The molecule has 0 aliphatic carbocycles. The van der Waals surface area contributed by atoms with E-state index in [-0.39, 0.29) is 18.4 Å². The number of aryl methyl sites for hydroxylation is 2. The molecule has 0 saturated carbocycles. The lowest BCUT2D eigenvalue weighted by molar-refractivity contribution is -0.115. The molecule has 2 aromatic heterocycles. The quantitative estimate of drug-likeness (QED) is 0.304. The van der Waals surface area contributed by atoms with Crippen molar-refractivity contribution in [1.82, 2.24) is 20.3 Å². The van der Waals surface area contributed by atoms with Crippen LogP contribution in [0, 0.1) is 13.8 Å². The predicted octanol–water partition coefficient (Wildman–Crippen LogP) is 4.34. The monoisotopic (exact) mass is 467 g/mol. The molecular formula is C26H25N7O2. The number of rotatable bonds is 8. The van der Waals surface area contributed by atoms with Crippen molar-refractivity contribution < 1.29 is 9.59 Å². The van der Waals surface area contributed by atoms with E-state index in [1.54, 1.807) is 48.7 Å². The molecule has 0 spiro atoms. The summed E-state index contributed by atoms with van der Waals surface area (Å²) in [6, 6.07) is 21.6. The SMILES string of the molecule is Cc1ccnc(Nc2cc(Nc3ccc(NC(=O)CNC(=O)c4ccccc4)cc3)nc(C)n2)c1. The molecule has 2 aromatic carbocycles. The Labute approximate surface area is 203 Å². The number of aromatic nitrogens is 3. The molecule has 0 fully saturated rings. The molecule has 176 valence electrons. The number of carbonyl (C=O) groups is 2. The van der Waals surface area contributed by atoms with Crippen LogP contribution in [0.1, 0.15) is 21.7 Å². The van der Waals surface area contributed by atoms with E-state index < -0.39 is 0 Å². The van der Waals surface area contributed by atoms with Gasteiger partial charge in [-0.3, -0.25) is 9.59 Å². The van der Waals surface area contributed by atoms with Crippen molar-refractivity contribution in [1.29, 1.82) is 0 Å². The Hall–Kier alpha value is -4.79. The van der Waals surface area contributed by atoms with Gasteiger partial charge in [0.2, 0.25) is 5.91 Å². The van der Waals surface area contributed by atoms with Gasteiger partial charge in [-0.2, -0.15) is 0 Å². The van der Waals surface area contributed by atoms with Crippen LogP contribution < -0.4 is 21.3 Å². The Morgan fingerprint density at radius 3 is 2.17 bits per heavy atom. The number of anilines is 5. The van der Waals surface area contributed by atoms with E-state index in [1.165, 1.54) is 0 Å². The summed E-state index contributed by atoms with van der Waals surface area (Å²) >= 11 is 0. The molecule has 9 heteroatoms. The minimum Gasteiger partial charge on any atom is -0.343 e. The highest BCUT2D eigenvalue weighted by Crippen LogP contribution is 2.21. The first-order valence-electron chi connectivity index (χ1n) is 11.0. The van der Waals surface area contributed by atoms with Gasteiger partial charge in [-0.15, -0.1) is 0 Å². The number of nitrogens with zero attached hydrogens (tertiary/aromatic N) is 3. The number of nitrogens with one attached hydrogen (secondary N) is 4. The van der Waals surface area contributed by atoms with Gasteiger partial charge < -0.3 is 21.3 Å². The summed E-state index contributed by atoms with van der Waals surface area (Å²) in [5, 5.41) is 11.8. The van der Waals surface area contributed by atoms with E-state index >= 15 is 0 Å². The first-order valence-corrected chi connectivity index (χ1v) is 11.0.